The number of amidine groups is 1. The van der Waals surface area contributed by atoms with Gasteiger partial charge in [-0.25, -0.2) is 0 Å². The Morgan fingerprint density at radius 1 is 1.14 bits per heavy atom. The highest BCUT2D eigenvalue weighted by molar-refractivity contribution is 7.90. The summed E-state index contributed by atoms with van der Waals surface area (Å²) in [7, 11) is 1.02. The van der Waals surface area contributed by atoms with Crippen molar-refractivity contribution in [3.8, 4) is 11.5 Å². The van der Waals surface area contributed by atoms with Crippen LogP contribution in [0.25, 0.3) is 0 Å². The first-order valence-electron chi connectivity index (χ1n) is 8.49. The third-order valence-electron chi connectivity index (χ3n) is 4.33. The molecule has 1 amide bonds. The number of carbonyl (C=O) groups excluding carboxylic acids is 1. The van der Waals surface area contributed by atoms with Crippen LogP contribution in [-0.4, -0.2) is 52.9 Å². The number of hydrogen-bond acceptors (Lipinski definition) is 6. The molecule has 3 rings (SSSR count). The van der Waals surface area contributed by atoms with Gasteiger partial charge in [-0.3, -0.25) is 4.79 Å². The van der Waals surface area contributed by atoms with Gasteiger partial charge < -0.3 is 19.7 Å². The van der Waals surface area contributed by atoms with Crippen molar-refractivity contribution in [1.82, 2.24) is 10.2 Å². The second-order valence-corrected chi connectivity index (χ2v) is 7.77. The van der Waals surface area contributed by atoms with Crippen molar-refractivity contribution in [3.05, 3.63) is 53.6 Å². The van der Waals surface area contributed by atoms with Gasteiger partial charge in [0.05, 0.1) is 20.8 Å². The van der Waals surface area contributed by atoms with Crippen LogP contribution >= 0.6 is 0 Å². The molecule has 0 fully saturated rings. The zero-order chi connectivity index (χ0) is 20.3. The standard InChI is InChI=1S/C19H21N3O5S/c1-22(19-15-6-4-5-7-17(15)28(24,25)21-19)12-18(23)20-11-13-8-9-14(26-2)10-16(13)27-3/h4-10H,11-12H2,1-3H3,(H,20,23). The van der Waals surface area contributed by atoms with E-state index in [1.165, 1.54) is 11.0 Å². The Bertz CT molecular complexity index is 1030. The molecule has 1 heterocycles. The Kier molecular flexibility index (Phi) is 5.55. The van der Waals surface area contributed by atoms with Gasteiger partial charge in [0.15, 0.2) is 5.84 Å². The number of nitrogens with zero attached hydrogens (tertiary/aromatic N) is 2. The summed E-state index contributed by atoms with van der Waals surface area (Å²) in [4.78, 5) is 14.0. The van der Waals surface area contributed by atoms with E-state index >= 15 is 0 Å². The fourth-order valence-corrected chi connectivity index (χ4v) is 4.15. The Morgan fingerprint density at radius 3 is 2.61 bits per heavy atom. The van der Waals surface area contributed by atoms with Crippen LogP contribution < -0.4 is 14.8 Å². The zero-order valence-electron chi connectivity index (χ0n) is 15.8. The van der Waals surface area contributed by atoms with E-state index in [1.54, 1.807) is 51.6 Å². The quantitative estimate of drug-likeness (QED) is 0.783. The molecule has 0 atom stereocenters. The third-order valence-corrected chi connectivity index (χ3v) is 5.65. The molecule has 0 radical (unpaired) electrons. The van der Waals surface area contributed by atoms with E-state index in [9.17, 15) is 13.2 Å². The van der Waals surface area contributed by atoms with Crippen molar-refractivity contribution in [3.63, 3.8) is 0 Å². The number of methoxy groups -OCH3 is 2. The highest BCUT2D eigenvalue weighted by Gasteiger charge is 2.30. The topological polar surface area (TPSA) is 97.3 Å². The van der Waals surface area contributed by atoms with Crippen LogP contribution in [-0.2, 0) is 21.4 Å². The maximum absolute atomic E-state index is 12.4. The van der Waals surface area contributed by atoms with E-state index in [-0.39, 0.29) is 29.7 Å². The van der Waals surface area contributed by atoms with Crippen molar-refractivity contribution < 1.29 is 22.7 Å². The smallest absolute Gasteiger partial charge is 0.285 e. The van der Waals surface area contributed by atoms with Crippen LogP contribution in [0.2, 0.25) is 0 Å². The van der Waals surface area contributed by atoms with Crippen molar-refractivity contribution in [2.24, 2.45) is 4.40 Å². The molecule has 0 aliphatic carbocycles. The van der Waals surface area contributed by atoms with Gasteiger partial charge in [0.2, 0.25) is 5.91 Å². The Hall–Kier alpha value is -3.07. The average molecular weight is 403 g/mol. The second-order valence-electron chi connectivity index (χ2n) is 6.20. The van der Waals surface area contributed by atoms with Gasteiger partial charge in [-0.15, -0.1) is 4.40 Å². The van der Waals surface area contributed by atoms with Gasteiger partial charge in [0.25, 0.3) is 10.0 Å². The summed E-state index contributed by atoms with van der Waals surface area (Å²) >= 11 is 0. The SMILES string of the molecule is COc1ccc(CNC(=O)CN(C)C2=NS(=O)(=O)c3ccccc32)c(OC)c1. The predicted octanol–water partition coefficient (Wildman–Crippen LogP) is 1.40. The fraction of sp³-hybridized carbons (Fsp3) is 0.263. The summed E-state index contributed by atoms with van der Waals surface area (Å²) in [5.74, 6) is 1.25. The van der Waals surface area contributed by atoms with Crippen LogP contribution in [0.15, 0.2) is 51.8 Å². The minimum Gasteiger partial charge on any atom is -0.497 e. The molecule has 1 N–H and O–H groups in total. The summed E-state index contributed by atoms with van der Waals surface area (Å²) in [5, 5.41) is 2.80. The molecule has 0 unspecified atom stereocenters. The lowest BCUT2D eigenvalue weighted by Gasteiger charge is -2.19. The minimum atomic E-state index is -3.72. The number of likely N-dealkylation sites (N-methyl/N-ethyl adjacent to an activating group) is 1. The first kappa shape index (κ1) is 19.7. The molecule has 0 aromatic heterocycles. The molecule has 0 bridgehead atoms. The number of rotatable bonds is 6. The molecule has 2 aromatic rings. The minimum absolute atomic E-state index is 0.0405. The zero-order valence-corrected chi connectivity index (χ0v) is 16.6. The largest absolute Gasteiger partial charge is 0.497 e. The van der Waals surface area contributed by atoms with Crippen LogP contribution in [0.1, 0.15) is 11.1 Å². The molecule has 1 aliphatic rings. The number of carbonyl (C=O) groups is 1. The Balaban J connectivity index is 1.66. The lowest BCUT2D eigenvalue weighted by atomic mass is 10.2. The van der Waals surface area contributed by atoms with E-state index < -0.39 is 10.0 Å². The van der Waals surface area contributed by atoms with Crippen molar-refractivity contribution >= 4 is 21.8 Å². The van der Waals surface area contributed by atoms with E-state index in [4.69, 9.17) is 9.47 Å². The number of amides is 1. The third kappa shape index (κ3) is 3.94. The molecule has 148 valence electrons. The molecule has 8 nitrogen and oxygen atoms in total. The molecular weight excluding hydrogens is 382 g/mol. The molecular formula is C19H21N3O5S. The van der Waals surface area contributed by atoms with Crippen molar-refractivity contribution in [1.29, 1.82) is 0 Å². The van der Waals surface area contributed by atoms with Crippen LogP contribution in [0.5, 0.6) is 11.5 Å². The van der Waals surface area contributed by atoms with Crippen LogP contribution in [0.4, 0.5) is 0 Å². The maximum Gasteiger partial charge on any atom is 0.285 e. The van der Waals surface area contributed by atoms with Gasteiger partial charge >= 0.3 is 0 Å². The maximum atomic E-state index is 12.4. The highest BCUT2D eigenvalue weighted by Crippen LogP contribution is 2.27. The van der Waals surface area contributed by atoms with Gasteiger partial charge in [-0.2, -0.15) is 8.42 Å². The highest BCUT2D eigenvalue weighted by atomic mass is 32.2. The van der Waals surface area contributed by atoms with E-state index in [2.05, 4.69) is 9.71 Å². The summed E-state index contributed by atoms with van der Waals surface area (Å²) < 4.78 is 38.6. The summed E-state index contributed by atoms with van der Waals surface area (Å²) in [5.41, 5.74) is 1.29. The van der Waals surface area contributed by atoms with Crippen molar-refractivity contribution in [2.75, 3.05) is 27.8 Å². The molecule has 0 spiro atoms. The molecule has 0 saturated carbocycles. The lowest BCUT2D eigenvalue weighted by molar-refractivity contribution is -0.121. The van der Waals surface area contributed by atoms with Gasteiger partial charge in [-0.05, 0) is 24.3 Å². The number of benzene rings is 2. The monoisotopic (exact) mass is 403 g/mol. The number of fused-ring (bicyclic) bond motifs is 1. The molecule has 2 aromatic carbocycles. The Morgan fingerprint density at radius 2 is 1.89 bits per heavy atom. The van der Waals surface area contributed by atoms with Gasteiger partial charge in [-0.1, -0.05) is 12.1 Å². The summed E-state index contributed by atoms with van der Waals surface area (Å²) in [6.45, 7) is 0.225. The number of hydrogen-bond donors (Lipinski definition) is 1. The first-order chi connectivity index (χ1) is 13.4. The lowest BCUT2D eigenvalue weighted by Crippen LogP contribution is -2.38. The van der Waals surface area contributed by atoms with Crippen LogP contribution in [0.3, 0.4) is 0 Å². The Labute approximate surface area is 163 Å². The molecule has 1 aliphatic heterocycles. The number of nitrogens with one attached hydrogen (secondary N) is 1. The van der Waals surface area contributed by atoms with Gasteiger partial charge in [0, 0.05) is 30.8 Å². The van der Waals surface area contributed by atoms with Gasteiger partial charge in [0.1, 0.15) is 16.4 Å². The second kappa shape index (κ2) is 7.89. The van der Waals surface area contributed by atoms with Crippen LogP contribution in [0, 0.1) is 0 Å². The normalized spacial score (nSPS) is 14.0. The van der Waals surface area contributed by atoms with E-state index in [0.717, 1.165) is 5.56 Å². The summed E-state index contributed by atoms with van der Waals surface area (Å²) in [6.07, 6.45) is 0. The summed E-state index contributed by atoms with van der Waals surface area (Å²) in [6, 6.07) is 11.9. The fourth-order valence-electron chi connectivity index (χ4n) is 2.90. The van der Waals surface area contributed by atoms with Crippen molar-refractivity contribution in [2.45, 2.75) is 11.4 Å². The molecule has 9 heteroatoms. The van der Waals surface area contributed by atoms with E-state index in [0.29, 0.717) is 17.1 Å². The molecule has 0 saturated heterocycles. The predicted molar refractivity (Wildman–Crippen MR) is 104 cm³/mol. The molecule has 28 heavy (non-hydrogen) atoms. The first-order valence-corrected chi connectivity index (χ1v) is 9.93. The van der Waals surface area contributed by atoms with E-state index in [1.807, 2.05) is 6.07 Å². The number of sulfonamides is 1. The number of ether oxygens (including phenoxy) is 2. The average Bonchev–Trinajstić information content (AvgIpc) is 2.97.